The lowest BCUT2D eigenvalue weighted by Gasteiger charge is -2.08. The van der Waals surface area contributed by atoms with Gasteiger partial charge in [-0.3, -0.25) is 0 Å². The van der Waals surface area contributed by atoms with E-state index < -0.39 is 17.7 Å². The molecule has 0 fully saturated rings. The quantitative estimate of drug-likeness (QED) is 0.884. The third kappa shape index (κ3) is 2.96. The van der Waals surface area contributed by atoms with E-state index in [4.69, 9.17) is 0 Å². The SMILES string of the molecule is Cc1cc(C(O)Cc2ccc(F)c(F)c2)sc1Br. The van der Waals surface area contributed by atoms with Crippen molar-refractivity contribution in [1.82, 2.24) is 0 Å². The third-order valence-electron chi connectivity index (χ3n) is 2.62. The Morgan fingerprint density at radius 2 is 2.00 bits per heavy atom. The first-order valence-electron chi connectivity index (χ1n) is 5.35. The van der Waals surface area contributed by atoms with Gasteiger partial charge in [-0.1, -0.05) is 6.07 Å². The molecule has 0 saturated heterocycles. The summed E-state index contributed by atoms with van der Waals surface area (Å²) >= 11 is 4.84. The maximum Gasteiger partial charge on any atom is 0.159 e. The van der Waals surface area contributed by atoms with E-state index in [9.17, 15) is 13.9 Å². The Labute approximate surface area is 116 Å². The van der Waals surface area contributed by atoms with E-state index >= 15 is 0 Å². The summed E-state index contributed by atoms with van der Waals surface area (Å²) in [6.45, 7) is 1.94. The highest BCUT2D eigenvalue weighted by molar-refractivity contribution is 9.11. The van der Waals surface area contributed by atoms with E-state index in [0.717, 1.165) is 26.4 Å². The van der Waals surface area contributed by atoms with Crippen LogP contribution < -0.4 is 0 Å². The van der Waals surface area contributed by atoms with Crippen LogP contribution in [0.2, 0.25) is 0 Å². The average molecular weight is 333 g/mol. The highest BCUT2D eigenvalue weighted by atomic mass is 79.9. The van der Waals surface area contributed by atoms with Crippen LogP contribution in [0.1, 0.15) is 22.1 Å². The molecule has 0 aliphatic rings. The zero-order chi connectivity index (χ0) is 13.3. The van der Waals surface area contributed by atoms with E-state index in [0.29, 0.717) is 5.56 Å². The number of aryl methyl sites for hydroxylation is 1. The van der Waals surface area contributed by atoms with Gasteiger partial charge >= 0.3 is 0 Å². The lowest BCUT2D eigenvalue weighted by Crippen LogP contribution is -2.00. The van der Waals surface area contributed by atoms with E-state index in [2.05, 4.69) is 15.9 Å². The number of thiophene rings is 1. The molecule has 0 saturated carbocycles. The summed E-state index contributed by atoms with van der Waals surface area (Å²) in [7, 11) is 0. The summed E-state index contributed by atoms with van der Waals surface area (Å²) in [4.78, 5) is 0.809. The first-order valence-corrected chi connectivity index (χ1v) is 6.96. The van der Waals surface area contributed by atoms with Gasteiger partial charge in [0.05, 0.1) is 9.89 Å². The normalized spacial score (nSPS) is 12.7. The molecule has 0 aliphatic carbocycles. The summed E-state index contributed by atoms with van der Waals surface area (Å²) in [5, 5.41) is 10.0. The predicted octanol–water partition coefficient (Wildman–Crippen LogP) is 4.37. The fourth-order valence-electron chi connectivity index (χ4n) is 1.64. The molecule has 1 aromatic heterocycles. The smallest absolute Gasteiger partial charge is 0.159 e. The molecule has 1 unspecified atom stereocenters. The largest absolute Gasteiger partial charge is 0.387 e. The van der Waals surface area contributed by atoms with Gasteiger partial charge in [-0.2, -0.15) is 0 Å². The van der Waals surface area contributed by atoms with Gasteiger partial charge < -0.3 is 5.11 Å². The second kappa shape index (κ2) is 5.47. The second-order valence-electron chi connectivity index (χ2n) is 4.07. The molecule has 96 valence electrons. The minimum absolute atomic E-state index is 0.267. The number of benzene rings is 1. The Bertz CT molecular complexity index is 549. The minimum atomic E-state index is -0.886. The standard InChI is InChI=1S/C13H11BrF2OS/c1-7-4-12(18-13(7)14)11(17)6-8-2-3-9(15)10(16)5-8/h2-5,11,17H,6H2,1H3. The topological polar surface area (TPSA) is 20.2 Å². The number of hydrogen-bond donors (Lipinski definition) is 1. The van der Waals surface area contributed by atoms with Gasteiger partial charge in [-0.05, 0) is 52.2 Å². The summed E-state index contributed by atoms with van der Waals surface area (Å²) < 4.78 is 26.8. The summed E-state index contributed by atoms with van der Waals surface area (Å²) in [6.07, 6.45) is -0.436. The van der Waals surface area contributed by atoms with Crippen molar-refractivity contribution >= 4 is 27.3 Å². The Morgan fingerprint density at radius 3 is 2.56 bits per heavy atom. The van der Waals surface area contributed by atoms with Crippen LogP contribution in [0.25, 0.3) is 0 Å². The van der Waals surface area contributed by atoms with Crippen LogP contribution >= 0.6 is 27.3 Å². The van der Waals surface area contributed by atoms with Crippen molar-refractivity contribution in [2.45, 2.75) is 19.4 Å². The van der Waals surface area contributed by atoms with E-state index in [1.54, 1.807) is 0 Å². The van der Waals surface area contributed by atoms with E-state index in [-0.39, 0.29) is 6.42 Å². The number of hydrogen-bond acceptors (Lipinski definition) is 2. The number of aliphatic hydroxyl groups excluding tert-OH is 1. The van der Waals surface area contributed by atoms with Crippen LogP contribution in [0.15, 0.2) is 28.1 Å². The number of rotatable bonds is 3. The molecule has 0 amide bonds. The van der Waals surface area contributed by atoms with Crippen molar-refractivity contribution in [1.29, 1.82) is 0 Å². The molecule has 2 rings (SSSR count). The van der Waals surface area contributed by atoms with Gasteiger partial charge in [0.1, 0.15) is 0 Å². The van der Waals surface area contributed by atoms with Crippen molar-refractivity contribution in [2.24, 2.45) is 0 Å². The summed E-state index contributed by atoms with van der Waals surface area (Å²) in [5.41, 5.74) is 1.63. The predicted molar refractivity (Wildman–Crippen MR) is 71.8 cm³/mol. The van der Waals surface area contributed by atoms with E-state index in [1.165, 1.54) is 17.4 Å². The van der Waals surface area contributed by atoms with Gasteiger partial charge in [-0.25, -0.2) is 8.78 Å². The zero-order valence-corrected chi connectivity index (χ0v) is 12.0. The van der Waals surface area contributed by atoms with Gasteiger partial charge in [0.2, 0.25) is 0 Å². The molecule has 18 heavy (non-hydrogen) atoms. The molecule has 2 aromatic rings. The highest BCUT2D eigenvalue weighted by Crippen LogP contribution is 2.32. The molecule has 1 heterocycles. The molecule has 1 aromatic carbocycles. The van der Waals surface area contributed by atoms with Gasteiger partial charge in [-0.15, -0.1) is 11.3 Å². The van der Waals surface area contributed by atoms with E-state index in [1.807, 2.05) is 13.0 Å². The first kappa shape index (κ1) is 13.6. The van der Waals surface area contributed by atoms with Crippen LogP contribution in [0.5, 0.6) is 0 Å². The fraction of sp³-hybridized carbons (Fsp3) is 0.231. The monoisotopic (exact) mass is 332 g/mol. The Morgan fingerprint density at radius 1 is 1.28 bits per heavy atom. The van der Waals surface area contributed by atoms with Crippen LogP contribution in [0.4, 0.5) is 8.78 Å². The summed E-state index contributed by atoms with van der Waals surface area (Å²) in [5.74, 6) is -1.76. The fourth-order valence-corrected chi connectivity index (χ4v) is 3.20. The Balaban J connectivity index is 2.15. The molecule has 0 aliphatic heterocycles. The summed E-state index contributed by atoms with van der Waals surface area (Å²) in [6, 6.07) is 5.57. The molecule has 0 spiro atoms. The van der Waals surface area contributed by atoms with Crippen LogP contribution in [0, 0.1) is 18.6 Å². The van der Waals surface area contributed by atoms with Gasteiger partial charge in [0.25, 0.3) is 0 Å². The van der Waals surface area contributed by atoms with Crippen LogP contribution in [0.3, 0.4) is 0 Å². The van der Waals surface area contributed by atoms with Crippen LogP contribution in [-0.4, -0.2) is 5.11 Å². The molecule has 0 bridgehead atoms. The Hall–Kier alpha value is -0.780. The molecular weight excluding hydrogens is 322 g/mol. The molecule has 1 atom stereocenters. The second-order valence-corrected chi connectivity index (χ2v) is 6.48. The van der Waals surface area contributed by atoms with Crippen molar-refractivity contribution in [3.8, 4) is 0 Å². The highest BCUT2D eigenvalue weighted by Gasteiger charge is 2.14. The maximum absolute atomic E-state index is 13.0. The molecular formula is C13H11BrF2OS. The van der Waals surface area contributed by atoms with Crippen molar-refractivity contribution < 1.29 is 13.9 Å². The average Bonchev–Trinajstić information content (AvgIpc) is 2.65. The van der Waals surface area contributed by atoms with Crippen molar-refractivity contribution in [3.05, 3.63) is 55.7 Å². The van der Waals surface area contributed by atoms with Crippen molar-refractivity contribution in [2.75, 3.05) is 0 Å². The number of halogens is 3. The molecule has 5 heteroatoms. The molecule has 1 N–H and O–H groups in total. The van der Waals surface area contributed by atoms with Crippen LogP contribution in [-0.2, 0) is 6.42 Å². The minimum Gasteiger partial charge on any atom is -0.387 e. The molecule has 1 nitrogen and oxygen atoms in total. The van der Waals surface area contributed by atoms with Crippen molar-refractivity contribution in [3.63, 3.8) is 0 Å². The van der Waals surface area contributed by atoms with Gasteiger partial charge in [0.15, 0.2) is 11.6 Å². The third-order valence-corrected chi connectivity index (χ3v) is 4.86. The maximum atomic E-state index is 13.0. The van der Waals surface area contributed by atoms with Gasteiger partial charge in [0, 0.05) is 11.3 Å². The molecule has 0 radical (unpaired) electrons. The number of aliphatic hydroxyl groups is 1. The Kier molecular flexibility index (Phi) is 4.14. The lowest BCUT2D eigenvalue weighted by molar-refractivity contribution is 0.182. The lowest BCUT2D eigenvalue weighted by atomic mass is 10.1. The first-order chi connectivity index (χ1) is 8.47. The zero-order valence-electron chi connectivity index (χ0n) is 9.58.